The molecule has 4 aromatic rings. The number of thioether (sulfide) groups is 2. The Kier molecular flexibility index (Phi) is 4.10. The summed E-state index contributed by atoms with van der Waals surface area (Å²) >= 11 is 5.87. The quantitative estimate of drug-likeness (QED) is 0.351. The summed E-state index contributed by atoms with van der Waals surface area (Å²) in [6, 6.07) is 26.0. The number of hydrogen-bond donors (Lipinski definition) is 0. The van der Waals surface area contributed by atoms with Gasteiger partial charge in [0.1, 0.15) is 10.8 Å². The minimum atomic E-state index is -0.103. The van der Waals surface area contributed by atoms with Crippen LogP contribution in [0.5, 0.6) is 5.75 Å². The Morgan fingerprint density at radius 3 is 1.94 bits per heavy atom. The number of benzene rings is 3. The highest BCUT2D eigenvalue weighted by Crippen LogP contribution is 2.68. The molecule has 2 unspecified atom stereocenters. The van der Waals surface area contributed by atoms with Gasteiger partial charge in [-0.05, 0) is 66.9 Å². The van der Waals surface area contributed by atoms with Crippen LogP contribution < -0.4 is 14.6 Å². The molecule has 33 heavy (non-hydrogen) atoms. The molecule has 0 radical (unpaired) electrons. The molecule has 1 aliphatic carbocycles. The van der Waals surface area contributed by atoms with E-state index in [1.807, 2.05) is 47.0 Å². The molecule has 3 heterocycles. The van der Waals surface area contributed by atoms with Gasteiger partial charge >= 0.3 is 0 Å². The number of nitrogens with zero attached hydrogens (tertiary/aromatic N) is 1. The highest BCUT2D eigenvalue weighted by atomic mass is 32.2. The van der Waals surface area contributed by atoms with E-state index in [2.05, 4.69) is 74.5 Å². The number of methoxy groups -OCH3 is 1. The van der Waals surface area contributed by atoms with Crippen molar-refractivity contribution in [1.82, 2.24) is 4.98 Å². The van der Waals surface area contributed by atoms with Gasteiger partial charge in [-0.15, -0.1) is 34.9 Å². The van der Waals surface area contributed by atoms with Crippen LogP contribution in [-0.2, 0) is 0 Å². The van der Waals surface area contributed by atoms with Crippen molar-refractivity contribution in [2.75, 3.05) is 7.11 Å². The second-order valence-corrected chi connectivity index (χ2v) is 12.9. The number of aromatic nitrogens is 1. The van der Waals surface area contributed by atoms with Crippen LogP contribution in [0.2, 0.25) is 0 Å². The van der Waals surface area contributed by atoms with Crippen LogP contribution in [0.1, 0.15) is 25.0 Å². The average Bonchev–Trinajstić information content (AvgIpc) is 3.48. The largest absolute Gasteiger partial charge is 0.497 e. The third kappa shape index (κ3) is 2.50. The number of ether oxygens (including phenoxy) is 1. The van der Waals surface area contributed by atoms with Gasteiger partial charge in [0.2, 0.25) is 0 Å². The molecule has 1 aromatic heterocycles. The molecule has 2 aliphatic heterocycles. The van der Waals surface area contributed by atoms with Crippen LogP contribution in [0.15, 0.2) is 82.6 Å². The van der Waals surface area contributed by atoms with E-state index < -0.39 is 0 Å². The molecule has 3 aromatic carbocycles. The van der Waals surface area contributed by atoms with Crippen molar-refractivity contribution in [3.8, 4) is 16.3 Å². The van der Waals surface area contributed by atoms with E-state index in [1.165, 1.54) is 36.6 Å². The van der Waals surface area contributed by atoms with E-state index >= 15 is 0 Å². The van der Waals surface area contributed by atoms with Crippen LogP contribution in [0.3, 0.4) is 0 Å². The Balaban J connectivity index is 1.63. The first-order chi connectivity index (χ1) is 16.0. The zero-order chi connectivity index (χ0) is 22.4. The minimum absolute atomic E-state index is 0.0770. The molecular weight excluding hydrogens is 463 g/mol. The minimum Gasteiger partial charge on any atom is -0.497 e. The number of thiazole rings is 1. The molecule has 2 atom stereocenters. The molecule has 0 N–H and O–H groups in total. The third-order valence-electron chi connectivity index (χ3n) is 7.23. The van der Waals surface area contributed by atoms with Crippen LogP contribution in [-0.4, -0.2) is 21.6 Å². The zero-order valence-electron chi connectivity index (χ0n) is 18.5. The molecule has 5 heteroatoms. The topological polar surface area (TPSA) is 22.1 Å². The lowest BCUT2D eigenvalue weighted by atomic mass is 9.75. The van der Waals surface area contributed by atoms with Crippen LogP contribution >= 0.6 is 34.9 Å². The van der Waals surface area contributed by atoms with Gasteiger partial charge in [-0.1, -0.05) is 36.4 Å². The second kappa shape index (κ2) is 6.78. The van der Waals surface area contributed by atoms with Crippen LogP contribution in [0, 0.1) is 0 Å². The van der Waals surface area contributed by atoms with Gasteiger partial charge in [0.05, 0.1) is 26.5 Å². The summed E-state index contributed by atoms with van der Waals surface area (Å²) < 4.78 is 6.52. The smallest absolute Gasteiger partial charge is 0.124 e. The Hall–Kier alpha value is -2.47. The van der Waals surface area contributed by atoms with Crippen LogP contribution in [0.25, 0.3) is 21.7 Å². The second-order valence-electron chi connectivity index (χ2n) is 8.94. The summed E-state index contributed by atoms with van der Waals surface area (Å²) in [5.41, 5.74) is 6.68. The monoisotopic (exact) mass is 483 g/mol. The van der Waals surface area contributed by atoms with Crippen molar-refractivity contribution in [3.63, 3.8) is 0 Å². The molecular formula is C28H21NOS3. The Morgan fingerprint density at radius 2 is 1.30 bits per heavy atom. The average molecular weight is 484 g/mol. The molecule has 0 fully saturated rings. The molecule has 0 bridgehead atoms. The Labute approximate surface area is 205 Å². The molecule has 0 saturated heterocycles. The normalized spacial score (nSPS) is 24.1. The third-order valence-corrected chi connectivity index (χ3v) is 11.7. The van der Waals surface area contributed by atoms with Crippen molar-refractivity contribution >= 4 is 46.0 Å². The van der Waals surface area contributed by atoms with E-state index in [0.717, 1.165) is 21.7 Å². The van der Waals surface area contributed by atoms with E-state index in [9.17, 15) is 0 Å². The van der Waals surface area contributed by atoms with Crippen molar-refractivity contribution in [3.05, 3.63) is 93.8 Å². The zero-order valence-corrected chi connectivity index (χ0v) is 21.0. The summed E-state index contributed by atoms with van der Waals surface area (Å²) in [6.07, 6.45) is 0. The molecule has 0 saturated carbocycles. The lowest BCUT2D eigenvalue weighted by molar-refractivity contribution is 0.415. The van der Waals surface area contributed by atoms with Crippen molar-refractivity contribution < 1.29 is 4.74 Å². The van der Waals surface area contributed by atoms with Gasteiger partial charge < -0.3 is 4.74 Å². The first-order valence-electron chi connectivity index (χ1n) is 11.0. The molecule has 2 nitrogen and oxygen atoms in total. The first kappa shape index (κ1) is 20.0. The SMILES string of the molecule is COc1ccc(-c2nc3c(s2)=C2c4ccccc4SC2(C)C2(C)Sc4ccccc4C=32)cc1. The Morgan fingerprint density at radius 1 is 0.727 bits per heavy atom. The predicted octanol–water partition coefficient (Wildman–Crippen LogP) is 5.96. The first-order valence-corrected chi connectivity index (χ1v) is 13.5. The van der Waals surface area contributed by atoms with E-state index in [1.54, 1.807) is 7.11 Å². The molecule has 3 aliphatic rings. The number of fused-ring (bicyclic) bond motifs is 8. The van der Waals surface area contributed by atoms with Crippen molar-refractivity contribution in [2.24, 2.45) is 0 Å². The maximum absolute atomic E-state index is 5.37. The number of hydrogen-bond acceptors (Lipinski definition) is 5. The fourth-order valence-corrected chi connectivity index (χ4v) is 9.97. The van der Waals surface area contributed by atoms with E-state index in [-0.39, 0.29) is 9.49 Å². The van der Waals surface area contributed by atoms with E-state index in [0.29, 0.717) is 0 Å². The fourth-order valence-electron chi connectivity index (χ4n) is 5.46. The van der Waals surface area contributed by atoms with Gasteiger partial charge in [-0.25, -0.2) is 4.98 Å². The van der Waals surface area contributed by atoms with E-state index in [4.69, 9.17) is 9.72 Å². The molecule has 162 valence electrons. The summed E-state index contributed by atoms with van der Waals surface area (Å²) in [5.74, 6) is 0.867. The van der Waals surface area contributed by atoms with Gasteiger partial charge in [-0.2, -0.15) is 0 Å². The highest BCUT2D eigenvalue weighted by Gasteiger charge is 2.60. The highest BCUT2D eigenvalue weighted by molar-refractivity contribution is 8.06. The number of rotatable bonds is 2. The van der Waals surface area contributed by atoms with Crippen LogP contribution in [0.4, 0.5) is 0 Å². The standard InChI is InChI=1S/C28H21NOS3/c1-27-22(18-8-4-6-10-20(18)32-27)24-25(23-19-9-5-7-11-21(19)33-28(23,27)2)31-26(29-24)16-12-14-17(30-3)15-13-16/h4-15H,1-3H3. The summed E-state index contributed by atoms with van der Waals surface area (Å²) in [4.78, 5) is 8.06. The van der Waals surface area contributed by atoms with Gasteiger partial charge in [0.15, 0.2) is 0 Å². The van der Waals surface area contributed by atoms with Crippen molar-refractivity contribution in [2.45, 2.75) is 33.1 Å². The lowest BCUT2D eigenvalue weighted by Crippen LogP contribution is -2.53. The maximum Gasteiger partial charge on any atom is 0.124 e. The summed E-state index contributed by atoms with van der Waals surface area (Å²) in [5, 5.41) is 2.23. The van der Waals surface area contributed by atoms with Gasteiger partial charge in [0.25, 0.3) is 0 Å². The van der Waals surface area contributed by atoms with Gasteiger partial charge in [-0.3, -0.25) is 0 Å². The maximum atomic E-state index is 5.37. The molecule has 0 spiro atoms. The van der Waals surface area contributed by atoms with Crippen molar-refractivity contribution in [1.29, 1.82) is 0 Å². The molecule has 7 rings (SSSR count). The summed E-state index contributed by atoms with van der Waals surface area (Å²) in [7, 11) is 1.70. The molecule has 0 amide bonds. The predicted molar refractivity (Wildman–Crippen MR) is 140 cm³/mol. The Bertz CT molecular complexity index is 1490. The fraction of sp³-hybridized carbons (Fsp3) is 0.179. The summed E-state index contributed by atoms with van der Waals surface area (Å²) in [6.45, 7) is 4.88. The van der Waals surface area contributed by atoms with Gasteiger partial charge in [0, 0.05) is 20.9 Å². The lowest BCUT2D eigenvalue weighted by Gasteiger charge is -2.43.